The Hall–Kier alpha value is -1.43. The standard InChI is InChI=1S/C13H15BrN2O3/c1-2-13(7-4-8-13)15-12(17)9-5-3-6-10(11(9)14)16(18)19/h3,5-6H,2,4,7-8H2,1H3,(H,15,17). The molecule has 1 amide bonds. The number of hydrogen-bond acceptors (Lipinski definition) is 3. The molecule has 2 rings (SSSR count). The minimum absolute atomic E-state index is 0.0909. The first-order chi connectivity index (χ1) is 8.99. The van der Waals surface area contributed by atoms with Crippen molar-refractivity contribution in [3.05, 3.63) is 38.3 Å². The highest BCUT2D eigenvalue weighted by molar-refractivity contribution is 9.10. The number of nitrogens with zero attached hydrogens (tertiary/aromatic N) is 1. The molecule has 19 heavy (non-hydrogen) atoms. The third-order valence-corrected chi connectivity index (χ3v) is 4.62. The van der Waals surface area contributed by atoms with Gasteiger partial charge in [0.15, 0.2) is 0 Å². The summed E-state index contributed by atoms with van der Waals surface area (Å²) >= 11 is 3.15. The molecule has 6 heteroatoms. The highest BCUT2D eigenvalue weighted by Gasteiger charge is 2.37. The Bertz CT molecular complexity index is 521. The van der Waals surface area contributed by atoms with E-state index in [0.717, 1.165) is 25.7 Å². The van der Waals surface area contributed by atoms with Crippen molar-refractivity contribution in [2.75, 3.05) is 0 Å². The van der Waals surface area contributed by atoms with Gasteiger partial charge in [-0.15, -0.1) is 0 Å². The largest absolute Gasteiger partial charge is 0.347 e. The molecule has 0 radical (unpaired) electrons. The lowest BCUT2D eigenvalue weighted by Crippen LogP contribution is -2.53. The van der Waals surface area contributed by atoms with Crippen LogP contribution in [0.3, 0.4) is 0 Å². The topological polar surface area (TPSA) is 72.2 Å². The lowest BCUT2D eigenvalue weighted by Gasteiger charge is -2.42. The van der Waals surface area contributed by atoms with Crippen molar-refractivity contribution in [3.8, 4) is 0 Å². The number of hydrogen-bond donors (Lipinski definition) is 1. The van der Waals surface area contributed by atoms with E-state index in [-0.39, 0.29) is 21.6 Å². The SMILES string of the molecule is CCC1(NC(=O)c2cccc([N+](=O)[O-])c2Br)CCC1. The third kappa shape index (κ3) is 2.63. The summed E-state index contributed by atoms with van der Waals surface area (Å²) in [6.07, 6.45) is 3.94. The van der Waals surface area contributed by atoms with E-state index in [9.17, 15) is 14.9 Å². The second-order valence-electron chi connectivity index (χ2n) is 4.84. The first-order valence-corrected chi connectivity index (χ1v) is 7.04. The molecule has 5 nitrogen and oxygen atoms in total. The fourth-order valence-electron chi connectivity index (χ4n) is 2.31. The second kappa shape index (κ2) is 5.28. The van der Waals surface area contributed by atoms with Gasteiger partial charge in [-0.25, -0.2) is 0 Å². The van der Waals surface area contributed by atoms with Gasteiger partial charge in [-0.2, -0.15) is 0 Å². The van der Waals surface area contributed by atoms with Crippen LogP contribution in [0.4, 0.5) is 5.69 Å². The van der Waals surface area contributed by atoms with Gasteiger partial charge < -0.3 is 5.32 Å². The van der Waals surface area contributed by atoms with Crippen LogP contribution in [0.25, 0.3) is 0 Å². The maximum Gasteiger partial charge on any atom is 0.284 e. The molecular formula is C13H15BrN2O3. The molecule has 0 spiro atoms. The number of benzene rings is 1. The highest BCUT2D eigenvalue weighted by Crippen LogP contribution is 2.36. The molecule has 1 aliphatic carbocycles. The lowest BCUT2D eigenvalue weighted by molar-refractivity contribution is -0.385. The van der Waals surface area contributed by atoms with Crippen molar-refractivity contribution in [2.45, 2.75) is 38.1 Å². The molecule has 1 aromatic carbocycles. The number of amides is 1. The molecule has 0 aromatic heterocycles. The van der Waals surface area contributed by atoms with Gasteiger partial charge in [-0.1, -0.05) is 13.0 Å². The number of nitro groups is 1. The maximum absolute atomic E-state index is 12.2. The molecule has 0 bridgehead atoms. The molecule has 0 saturated heterocycles. The first kappa shape index (κ1) is 14.0. The quantitative estimate of drug-likeness (QED) is 0.680. The smallest absolute Gasteiger partial charge is 0.284 e. The van der Waals surface area contributed by atoms with E-state index in [1.807, 2.05) is 6.92 Å². The number of rotatable bonds is 4. The van der Waals surface area contributed by atoms with Crippen molar-refractivity contribution >= 4 is 27.5 Å². The monoisotopic (exact) mass is 326 g/mol. The molecule has 0 atom stereocenters. The molecule has 1 N–H and O–H groups in total. The Morgan fingerprint density at radius 3 is 2.68 bits per heavy atom. The number of nitrogens with one attached hydrogen (secondary N) is 1. The summed E-state index contributed by atoms with van der Waals surface area (Å²) in [4.78, 5) is 22.6. The highest BCUT2D eigenvalue weighted by atomic mass is 79.9. The molecule has 1 fully saturated rings. The zero-order valence-electron chi connectivity index (χ0n) is 10.6. The average molecular weight is 327 g/mol. The molecule has 0 aliphatic heterocycles. The van der Waals surface area contributed by atoms with Crippen LogP contribution in [0.2, 0.25) is 0 Å². The van der Waals surface area contributed by atoms with Crippen LogP contribution < -0.4 is 5.32 Å². The molecule has 1 aliphatic rings. The summed E-state index contributed by atoms with van der Waals surface area (Å²) in [5, 5.41) is 13.9. The minimum Gasteiger partial charge on any atom is -0.347 e. The molecular weight excluding hydrogens is 312 g/mol. The van der Waals surface area contributed by atoms with E-state index in [1.165, 1.54) is 12.1 Å². The van der Waals surface area contributed by atoms with E-state index in [1.54, 1.807) is 6.07 Å². The van der Waals surface area contributed by atoms with Gasteiger partial charge in [-0.3, -0.25) is 14.9 Å². The molecule has 0 unspecified atom stereocenters. The zero-order valence-corrected chi connectivity index (χ0v) is 12.2. The van der Waals surface area contributed by atoms with Crippen LogP contribution in [-0.2, 0) is 0 Å². The van der Waals surface area contributed by atoms with Crippen LogP contribution in [0, 0.1) is 10.1 Å². The molecule has 0 heterocycles. The van der Waals surface area contributed by atoms with E-state index < -0.39 is 4.92 Å². The van der Waals surface area contributed by atoms with Gasteiger partial charge in [0.25, 0.3) is 11.6 Å². The van der Waals surface area contributed by atoms with Crippen molar-refractivity contribution in [1.82, 2.24) is 5.32 Å². The van der Waals surface area contributed by atoms with Crippen LogP contribution in [0.1, 0.15) is 43.0 Å². The third-order valence-electron chi connectivity index (χ3n) is 3.79. The second-order valence-corrected chi connectivity index (χ2v) is 5.63. The molecule has 102 valence electrons. The number of carbonyl (C=O) groups is 1. The molecule has 1 aromatic rings. The van der Waals surface area contributed by atoms with Gasteiger partial charge in [0.05, 0.1) is 10.5 Å². The number of halogens is 1. The summed E-state index contributed by atoms with van der Waals surface area (Å²) in [7, 11) is 0. The molecule has 1 saturated carbocycles. The first-order valence-electron chi connectivity index (χ1n) is 6.24. The number of carbonyl (C=O) groups excluding carboxylic acids is 1. The van der Waals surface area contributed by atoms with E-state index >= 15 is 0 Å². The van der Waals surface area contributed by atoms with Crippen LogP contribution in [-0.4, -0.2) is 16.4 Å². The van der Waals surface area contributed by atoms with Crippen molar-refractivity contribution in [3.63, 3.8) is 0 Å². The minimum atomic E-state index is -0.500. The fraction of sp³-hybridized carbons (Fsp3) is 0.462. The Labute approximate surface area is 119 Å². The Morgan fingerprint density at radius 1 is 1.53 bits per heavy atom. The van der Waals surface area contributed by atoms with Gasteiger partial charge in [0.2, 0.25) is 0 Å². The Balaban J connectivity index is 2.24. The van der Waals surface area contributed by atoms with E-state index in [2.05, 4.69) is 21.2 Å². The van der Waals surface area contributed by atoms with Gasteiger partial charge >= 0.3 is 0 Å². The fourth-order valence-corrected chi connectivity index (χ4v) is 2.90. The van der Waals surface area contributed by atoms with E-state index in [0.29, 0.717) is 5.56 Å². The Kier molecular flexibility index (Phi) is 3.89. The van der Waals surface area contributed by atoms with Crippen molar-refractivity contribution < 1.29 is 9.72 Å². The summed E-state index contributed by atoms with van der Waals surface area (Å²) in [6.45, 7) is 2.04. The van der Waals surface area contributed by atoms with Gasteiger partial charge in [-0.05, 0) is 47.7 Å². The van der Waals surface area contributed by atoms with E-state index in [4.69, 9.17) is 0 Å². The summed E-state index contributed by atoms with van der Waals surface area (Å²) in [6, 6.07) is 4.49. The maximum atomic E-state index is 12.2. The van der Waals surface area contributed by atoms with Gasteiger partial charge in [0, 0.05) is 11.6 Å². The summed E-state index contributed by atoms with van der Waals surface area (Å²) in [5.41, 5.74) is 0.0990. The normalized spacial score (nSPS) is 16.5. The van der Waals surface area contributed by atoms with Gasteiger partial charge in [0.1, 0.15) is 4.47 Å². The van der Waals surface area contributed by atoms with Crippen LogP contribution >= 0.6 is 15.9 Å². The summed E-state index contributed by atoms with van der Waals surface area (Å²) in [5.74, 6) is -0.253. The zero-order chi connectivity index (χ0) is 14.0. The Morgan fingerprint density at radius 2 is 2.21 bits per heavy atom. The van der Waals surface area contributed by atoms with Crippen LogP contribution in [0.5, 0.6) is 0 Å². The average Bonchev–Trinajstić information content (AvgIpc) is 2.33. The lowest BCUT2D eigenvalue weighted by atomic mass is 9.74. The number of nitro benzene ring substituents is 1. The predicted molar refractivity (Wildman–Crippen MR) is 75.1 cm³/mol. The van der Waals surface area contributed by atoms with Crippen molar-refractivity contribution in [2.24, 2.45) is 0 Å². The van der Waals surface area contributed by atoms with Crippen LogP contribution in [0.15, 0.2) is 22.7 Å². The predicted octanol–water partition coefficient (Wildman–Crippen LogP) is 3.42. The van der Waals surface area contributed by atoms with Crippen molar-refractivity contribution in [1.29, 1.82) is 0 Å². The summed E-state index contributed by atoms with van der Waals surface area (Å²) < 4.78 is 0.239.